The molecule has 1 atom stereocenters. The summed E-state index contributed by atoms with van der Waals surface area (Å²) < 4.78 is 5.91. The van der Waals surface area contributed by atoms with E-state index < -0.39 is 0 Å². The lowest BCUT2D eigenvalue weighted by Gasteiger charge is -2.36. The number of piperidine rings is 1. The zero-order valence-electron chi connectivity index (χ0n) is 11.1. The second kappa shape index (κ2) is 5.29. The van der Waals surface area contributed by atoms with Gasteiger partial charge in [-0.05, 0) is 50.0 Å². The first-order chi connectivity index (χ1) is 8.81. The van der Waals surface area contributed by atoms with Gasteiger partial charge in [-0.25, -0.2) is 0 Å². The van der Waals surface area contributed by atoms with Gasteiger partial charge in [-0.2, -0.15) is 0 Å². The maximum absolute atomic E-state index is 5.91. The molecule has 0 aromatic heterocycles. The molecule has 0 spiro atoms. The summed E-state index contributed by atoms with van der Waals surface area (Å²) in [5, 5.41) is 3.47. The van der Waals surface area contributed by atoms with Crippen LogP contribution in [0.15, 0.2) is 24.3 Å². The van der Waals surface area contributed by atoms with E-state index in [2.05, 4.69) is 41.5 Å². The van der Waals surface area contributed by atoms with Crippen LogP contribution in [0.25, 0.3) is 0 Å². The van der Waals surface area contributed by atoms with E-state index in [0.29, 0.717) is 12.0 Å². The van der Waals surface area contributed by atoms with E-state index in [1.54, 1.807) is 0 Å². The molecule has 2 fully saturated rings. The Morgan fingerprint density at radius 2 is 2.00 bits per heavy atom. The Bertz CT molecular complexity index is 378. The Kier molecular flexibility index (Phi) is 3.52. The molecule has 3 nitrogen and oxygen atoms in total. The Hall–Kier alpha value is -1.06. The minimum absolute atomic E-state index is 0.386. The van der Waals surface area contributed by atoms with Gasteiger partial charge in [-0.1, -0.05) is 12.1 Å². The van der Waals surface area contributed by atoms with Gasteiger partial charge in [0.1, 0.15) is 11.9 Å². The van der Waals surface area contributed by atoms with Crippen LogP contribution in [0.5, 0.6) is 5.75 Å². The second-order valence-corrected chi connectivity index (χ2v) is 5.57. The molecule has 2 aliphatic rings. The molecule has 0 amide bonds. The van der Waals surface area contributed by atoms with E-state index in [4.69, 9.17) is 4.74 Å². The van der Waals surface area contributed by atoms with E-state index in [9.17, 15) is 0 Å². The predicted molar refractivity (Wildman–Crippen MR) is 73.2 cm³/mol. The van der Waals surface area contributed by atoms with Gasteiger partial charge in [-0.3, -0.25) is 4.90 Å². The van der Waals surface area contributed by atoms with Crippen molar-refractivity contribution in [2.24, 2.45) is 0 Å². The van der Waals surface area contributed by atoms with Crippen molar-refractivity contribution < 1.29 is 4.74 Å². The van der Waals surface area contributed by atoms with Crippen molar-refractivity contribution in [3.8, 4) is 5.75 Å². The van der Waals surface area contributed by atoms with Gasteiger partial charge in [0.2, 0.25) is 0 Å². The molecule has 98 valence electrons. The topological polar surface area (TPSA) is 24.5 Å². The SMILES string of the molecule is CN1CC(Oc2ccc(C3CCCNC3)cc2)C1. The molecule has 3 heteroatoms. The first kappa shape index (κ1) is 12.0. The Balaban J connectivity index is 1.58. The van der Waals surface area contributed by atoms with Gasteiger partial charge >= 0.3 is 0 Å². The maximum Gasteiger partial charge on any atom is 0.124 e. The third-order valence-corrected chi connectivity index (χ3v) is 3.98. The van der Waals surface area contributed by atoms with Crippen molar-refractivity contribution in [2.75, 3.05) is 33.2 Å². The highest BCUT2D eigenvalue weighted by molar-refractivity contribution is 5.30. The van der Waals surface area contributed by atoms with Crippen LogP contribution in [0.3, 0.4) is 0 Å². The van der Waals surface area contributed by atoms with Gasteiger partial charge in [0.05, 0.1) is 0 Å². The molecule has 18 heavy (non-hydrogen) atoms. The summed E-state index contributed by atoms with van der Waals surface area (Å²) in [4.78, 5) is 2.27. The van der Waals surface area contributed by atoms with Crippen molar-refractivity contribution in [3.63, 3.8) is 0 Å². The van der Waals surface area contributed by atoms with Crippen molar-refractivity contribution >= 4 is 0 Å². The fraction of sp³-hybridized carbons (Fsp3) is 0.600. The summed E-state index contributed by atoms with van der Waals surface area (Å²) in [5.41, 5.74) is 1.44. The summed E-state index contributed by atoms with van der Waals surface area (Å²) in [6.07, 6.45) is 2.98. The molecule has 2 heterocycles. The molecule has 0 bridgehead atoms. The van der Waals surface area contributed by atoms with E-state index in [0.717, 1.165) is 25.4 Å². The monoisotopic (exact) mass is 246 g/mol. The van der Waals surface area contributed by atoms with E-state index in [1.807, 2.05) is 0 Å². The number of hydrogen-bond donors (Lipinski definition) is 1. The van der Waals surface area contributed by atoms with Crippen molar-refractivity contribution in [1.29, 1.82) is 0 Å². The molecule has 2 saturated heterocycles. The molecule has 2 aliphatic heterocycles. The van der Waals surface area contributed by atoms with Crippen LogP contribution in [0.4, 0.5) is 0 Å². The minimum Gasteiger partial charge on any atom is -0.488 e. The average molecular weight is 246 g/mol. The molecule has 0 saturated carbocycles. The quantitative estimate of drug-likeness (QED) is 0.881. The van der Waals surface area contributed by atoms with Crippen LogP contribution in [0.2, 0.25) is 0 Å². The van der Waals surface area contributed by atoms with E-state index in [-0.39, 0.29) is 0 Å². The third-order valence-electron chi connectivity index (χ3n) is 3.98. The van der Waals surface area contributed by atoms with Gasteiger partial charge in [0, 0.05) is 19.6 Å². The molecule has 0 radical (unpaired) electrons. The highest BCUT2D eigenvalue weighted by atomic mass is 16.5. The number of ether oxygens (including phenoxy) is 1. The lowest BCUT2D eigenvalue weighted by atomic mass is 9.92. The van der Waals surface area contributed by atoms with Crippen LogP contribution >= 0.6 is 0 Å². The molecule has 3 rings (SSSR count). The van der Waals surface area contributed by atoms with Gasteiger partial charge in [0.25, 0.3) is 0 Å². The number of nitrogens with one attached hydrogen (secondary N) is 1. The second-order valence-electron chi connectivity index (χ2n) is 5.57. The Morgan fingerprint density at radius 3 is 2.61 bits per heavy atom. The lowest BCUT2D eigenvalue weighted by Crippen LogP contribution is -2.51. The predicted octanol–water partition coefficient (Wildman–Crippen LogP) is 1.85. The zero-order chi connectivity index (χ0) is 12.4. The van der Waals surface area contributed by atoms with Crippen LogP contribution in [0.1, 0.15) is 24.3 Å². The van der Waals surface area contributed by atoms with Crippen molar-refractivity contribution in [3.05, 3.63) is 29.8 Å². The summed E-state index contributed by atoms with van der Waals surface area (Å²) in [6, 6.07) is 8.72. The average Bonchev–Trinajstić information content (AvgIpc) is 2.39. The molecular formula is C15H22N2O. The fourth-order valence-electron chi connectivity index (χ4n) is 2.86. The smallest absolute Gasteiger partial charge is 0.124 e. The summed E-state index contributed by atoms with van der Waals surface area (Å²) in [7, 11) is 2.12. The van der Waals surface area contributed by atoms with Gasteiger partial charge < -0.3 is 10.1 Å². The normalized spacial score (nSPS) is 25.7. The molecule has 1 aromatic carbocycles. The lowest BCUT2D eigenvalue weighted by molar-refractivity contribution is 0.0388. The largest absolute Gasteiger partial charge is 0.488 e. The standard InChI is InChI=1S/C15H22N2O/c1-17-10-15(11-17)18-14-6-4-12(5-7-14)13-3-2-8-16-9-13/h4-7,13,15-16H,2-3,8-11H2,1H3. The number of nitrogens with zero attached hydrogens (tertiary/aromatic N) is 1. The third kappa shape index (κ3) is 2.68. The van der Waals surface area contributed by atoms with Crippen molar-refractivity contribution in [2.45, 2.75) is 24.9 Å². The number of rotatable bonds is 3. The van der Waals surface area contributed by atoms with Crippen LogP contribution < -0.4 is 10.1 Å². The number of benzene rings is 1. The highest BCUT2D eigenvalue weighted by Gasteiger charge is 2.24. The summed E-state index contributed by atoms with van der Waals surface area (Å²) >= 11 is 0. The molecule has 1 N–H and O–H groups in total. The first-order valence-corrected chi connectivity index (χ1v) is 6.97. The number of likely N-dealkylation sites (N-methyl/N-ethyl adjacent to an activating group) is 1. The Morgan fingerprint density at radius 1 is 1.22 bits per heavy atom. The van der Waals surface area contributed by atoms with E-state index >= 15 is 0 Å². The van der Waals surface area contributed by atoms with Crippen LogP contribution in [0, 0.1) is 0 Å². The highest BCUT2D eigenvalue weighted by Crippen LogP contribution is 2.25. The molecule has 0 aliphatic carbocycles. The van der Waals surface area contributed by atoms with E-state index in [1.165, 1.54) is 24.9 Å². The fourth-order valence-corrected chi connectivity index (χ4v) is 2.86. The van der Waals surface area contributed by atoms with Crippen LogP contribution in [-0.2, 0) is 0 Å². The molecule has 1 unspecified atom stereocenters. The summed E-state index contributed by atoms with van der Waals surface area (Å²) in [5.74, 6) is 1.70. The maximum atomic E-state index is 5.91. The van der Waals surface area contributed by atoms with Gasteiger partial charge in [-0.15, -0.1) is 0 Å². The number of hydrogen-bond acceptors (Lipinski definition) is 3. The minimum atomic E-state index is 0.386. The molecule has 1 aromatic rings. The van der Waals surface area contributed by atoms with Crippen molar-refractivity contribution in [1.82, 2.24) is 10.2 Å². The van der Waals surface area contributed by atoms with Crippen LogP contribution in [-0.4, -0.2) is 44.2 Å². The Labute approximate surface area is 109 Å². The first-order valence-electron chi connectivity index (χ1n) is 6.97. The summed E-state index contributed by atoms with van der Waals surface area (Å²) in [6.45, 7) is 4.39. The number of likely N-dealkylation sites (tertiary alicyclic amines) is 1. The zero-order valence-corrected chi connectivity index (χ0v) is 11.1. The molecular weight excluding hydrogens is 224 g/mol. The van der Waals surface area contributed by atoms with Gasteiger partial charge in [0.15, 0.2) is 0 Å².